The molecule has 0 saturated carbocycles. The number of hydrogen-bond donors (Lipinski definition) is 0. The van der Waals surface area contributed by atoms with Crippen LogP contribution in [0.4, 0.5) is 0 Å². The molecule has 2 aliphatic heterocycles. The van der Waals surface area contributed by atoms with Crippen molar-refractivity contribution >= 4 is 0 Å². The predicted molar refractivity (Wildman–Crippen MR) is 140 cm³/mol. The van der Waals surface area contributed by atoms with Gasteiger partial charge in [-0.15, -0.1) is 0 Å². The highest BCUT2D eigenvalue weighted by molar-refractivity contribution is 5.25. The summed E-state index contributed by atoms with van der Waals surface area (Å²) in [4.78, 5) is 0. The molecule has 0 bridgehead atoms. The van der Waals surface area contributed by atoms with Crippen LogP contribution in [0.5, 0.6) is 0 Å². The van der Waals surface area contributed by atoms with E-state index in [1.54, 1.807) is 0 Å². The fourth-order valence-corrected chi connectivity index (χ4v) is 5.27. The van der Waals surface area contributed by atoms with E-state index in [0.29, 0.717) is 0 Å². The van der Waals surface area contributed by atoms with Gasteiger partial charge in [-0.1, -0.05) is 88.6 Å². The van der Waals surface area contributed by atoms with E-state index in [1.165, 1.54) is 11.1 Å². The first-order valence-corrected chi connectivity index (χ1v) is 13.7. The molecule has 2 aliphatic rings. The van der Waals surface area contributed by atoms with Crippen LogP contribution in [0.25, 0.3) is 0 Å². The number of aryl methyl sites for hydroxylation is 2. The van der Waals surface area contributed by atoms with Crippen molar-refractivity contribution in [1.82, 2.24) is 0 Å². The van der Waals surface area contributed by atoms with E-state index in [4.69, 9.17) is 18.9 Å². The topological polar surface area (TPSA) is 84.5 Å². The van der Waals surface area contributed by atoms with Gasteiger partial charge in [0.1, 0.15) is 18.3 Å². The van der Waals surface area contributed by atoms with E-state index < -0.39 is 36.8 Å². The first-order chi connectivity index (χ1) is 18.1. The van der Waals surface area contributed by atoms with Gasteiger partial charge in [-0.25, -0.2) is 0 Å². The normalized spacial score (nSPS) is 28.0. The average Bonchev–Trinajstić information content (AvgIpc) is 2.92. The Morgan fingerprint density at radius 3 is 1.73 bits per heavy atom. The molecule has 6 heteroatoms. The molecular formula is C31H38N2O4. The van der Waals surface area contributed by atoms with Gasteiger partial charge in [-0.2, -0.15) is 10.5 Å². The third-order valence-corrected chi connectivity index (χ3v) is 7.18. The maximum atomic E-state index is 9.98. The number of fused-ring (bicyclic) bond motifs is 1. The van der Waals surface area contributed by atoms with Crippen molar-refractivity contribution in [3.63, 3.8) is 0 Å². The minimum atomic E-state index is -0.659. The molecule has 0 aliphatic carbocycles. The summed E-state index contributed by atoms with van der Waals surface area (Å²) in [5.74, 6) is -0.642. The fourth-order valence-electron chi connectivity index (χ4n) is 5.27. The highest BCUT2D eigenvalue weighted by atomic mass is 16.8. The van der Waals surface area contributed by atoms with Crippen LogP contribution in [0.1, 0.15) is 87.7 Å². The van der Waals surface area contributed by atoms with Crippen LogP contribution >= 0.6 is 0 Å². The van der Waals surface area contributed by atoms with Crippen molar-refractivity contribution in [1.29, 1.82) is 10.5 Å². The lowest BCUT2D eigenvalue weighted by Gasteiger charge is -2.50. The summed E-state index contributed by atoms with van der Waals surface area (Å²) in [7, 11) is 0. The van der Waals surface area contributed by atoms with Crippen LogP contribution in [-0.2, 0) is 31.8 Å². The molecule has 2 saturated heterocycles. The summed E-state index contributed by atoms with van der Waals surface area (Å²) in [6.45, 7) is 6.45. The Labute approximate surface area is 221 Å². The second kappa shape index (κ2) is 13.2. The van der Waals surface area contributed by atoms with E-state index >= 15 is 0 Å². The molecule has 0 spiro atoms. The quantitative estimate of drug-likeness (QED) is 0.359. The summed E-state index contributed by atoms with van der Waals surface area (Å²) < 4.78 is 25.9. The summed E-state index contributed by atoms with van der Waals surface area (Å²) in [5, 5.41) is 19.4. The molecular weight excluding hydrogens is 464 g/mol. The average molecular weight is 503 g/mol. The molecule has 196 valence electrons. The molecule has 2 aromatic carbocycles. The van der Waals surface area contributed by atoms with Crippen molar-refractivity contribution in [3.05, 3.63) is 70.8 Å². The highest BCUT2D eigenvalue weighted by Gasteiger charge is 2.52. The van der Waals surface area contributed by atoms with Crippen molar-refractivity contribution in [2.45, 2.75) is 103 Å². The zero-order chi connectivity index (χ0) is 26.2. The lowest BCUT2D eigenvalue weighted by atomic mass is 9.88. The van der Waals surface area contributed by atoms with E-state index in [0.717, 1.165) is 49.7 Å². The fraction of sp³-hybridized carbons (Fsp3) is 0.548. The van der Waals surface area contributed by atoms with E-state index in [1.807, 2.05) is 12.1 Å². The molecule has 2 fully saturated rings. The van der Waals surface area contributed by atoms with E-state index in [-0.39, 0.29) is 12.5 Å². The zero-order valence-corrected chi connectivity index (χ0v) is 22.1. The van der Waals surface area contributed by atoms with Gasteiger partial charge in [0, 0.05) is 11.1 Å². The molecule has 0 amide bonds. The van der Waals surface area contributed by atoms with Crippen molar-refractivity contribution < 1.29 is 18.9 Å². The number of benzene rings is 2. The molecule has 2 heterocycles. The molecule has 0 N–H and O–H groups in total. The highest BCUT2D eigenvalue weighted by Crippen LogP contribution is 2.43. The van der Waals surface area contributed by atoms with Gasteiger partial charge in [0.2, 0.25) is 0 Å². The second-order valence-corrected chi connectivity index (χ2v) is 10.0. The molecule has 2 aromatic rings. The summed E-state index contributed by atoms with van der Waals surface area (Å²) >= 11 is 0. The van der Waals surface area contributed by atoms with Crippen LogP contribution in [-0.4, -0.2) is 24.4 Å². The summed E-state index contributed by atoms with van der Waals surface area (Å²) in [6, 6.07) is 21.0. The molecule has 0 radical (unpaired) electrons. The molecule has 6 nitrogen and oxygen atoms in total. The monoisotopic (exact) mass is 502 g/mol. The molecule has 7 atom stereocenters. The maximum Gasteiger partial charge on any atom is 0.184 e. The number of hydrogen-bond acceptors (Lipinski definition) is 6. The smallest absolute Gasteiger partial charge is 0.184 e. The van der Waals surface area contributed by atoms with Crippen molar-refractivity contribution in [2.75, 3.05) is 0 Å². The SMILES string of the molecule is CCCc1ccc(C2OC(C(C#N)CC#N)C3OC(c4ccc(CCC)cc4)OC(CCC)C3O2)cc1. The van der Waals surface area contributed by atoms with Gasteiger partial charge < -0.3 is 18.9 Å². The number of nitrogens with zero attached hydrogens (tertiary/aromatic N) is 2. The largest absolute Gasteiger partial charge is 0.342 e. The van der Waals surface area contributed by atoms with Crippen LogP contribution < -0.4 is 0 Å². The standard InChI is InChI=1S/C31H38N2O4/c1-4-7-21-10-14-23(15-11-21)30-34-26(9-6-3)28-29(37-30)27(25(20-33)18-19-32)35-31(36-28)24-16-12-22(8-5-2)13-17-24/h10-17,25-31H,4-9,18H2,1-3H3. The minimum Gasteiger partial charge on any atom is -0.342 e. The van der Waals surface area contributed by atoms with Gasteiger partial charge in [-0.3, -0.25) is 0 Å². The molecule has 0 aromatic heterocycles. The summed E-state index contributed by atoms with van der Waals surface area (Å²) in [6.07, 6.45) is 2.95. The lowest BCUT2D eigenvalue weighted by molar-refractivity contribution is -0.386. The molecule has 4 rings (SSSR count). The third kappa shape index (κ3) is 6.40. The Morgan fingerprint density at radius 2 is 1.24 bits per heavy atom. The molecule has 37 heavy (non-hydrogen) atoms. The van der Waals surface area contributed by atoms with Gasteiger partial charge >= 0.3 is 0 Å². The summed E-state index contributed by atoms with van der Waals surface area (Å²) in [5.41, 5.74) is 4.36. The Kier molecular flexibility index (Phi) is 9.72. The maximum absolute atomic E-state index is 9.98. The predicted octanol–water partition coefficient (Wildman–Crippen LogP) is 6.71. The number of ether oxygens (including phenoxy) is 4. The Morgan fingerprint density at radius 1 is 0.703 bits per heavy atom. The van der Waals surface area contributed by atoms with Crippen molar-refractivity contribution in [3.8, 4) is 12.1 Å². The zero-order valence-electron chi connectivity index (χ0n) is 22.1. The van der Waals surface area contributed by atoms with Gasteiger partial charge in [0.25, 0.3) is 0 Å². The lowest BCUT2D eigenvalue weighted by Crippen LogP contribution is -2.59. The second-order valence-electron chi connectivity index (χ2n) is 10.0. The van der Waals surface area contributed by atoms with E-state index in [2.05, 4.69) is 69.3 Å². The van der Waals surface area contributed by atoms with Gasteiger partial charge in [0.05, 0.1) is 30.6 Å². The van der Waals surface area contributed by atoms with Crippen LogP contribution in [0.15, 0.2) is 48.5 Å². The van der Waals surface area contributed by atoms with Crippen LogP contribution in [0.3, 0.4) is 0 Å². The number of rotatable bonds is 10. The third-order valence-electron chi connectivity index (χ3n) is 7.18. The van der Waals surface area contributed by atoms with E-state index in [9.17, 15) is 10.5 Å². The first-order valence-electron chi connectivity index (χ1n) is 13.7. The van der Waals surface area contributed by atoms with Crippen molar-refractivity contribution in [2.24, 2.45) is 5.92 Å². The number of nitriles is 2. The minimum absolute atomic E-state index is 0.0611. The Bertz CT molecular complexity index is 1070. The first kappa shape index (κ1) is 27.3. The van der Waals surface area contributed by atoms with Crippen LogP contribution in [0, 0.1) is 28.6 Å². The Hall–Kier alpha value is -2.74. The van der Waals surface area contributed by atoms with Gasteiger partial charge in [-0.05, 0) is 30.4 Å². The van der Waals surface area contributed by atoms with Gasteiger partial charge in [0.15, 0.2) is 12.6 Å². The van der Waals surface area contributed by atoms with Crippen LogP contribution in [0.2, 0.25) is 0 Å². The molecule has 7 unspecified atom stereocenters. The Balaban J connectivity index is 1.64.